The summed E-state index contributed by atoms with van der Waals surface area (Å²) in [6.45, 7) is 0. The van der Waals surface area contributed by atoms with Crippen molar-refractivity contribution in [1.29, 1.82) is 0 Å². The zero-order valence-corrected chi connectivity index (χ0v) is 16.0. The van der Waals surface area contributed by atoms with Gasteiger partial charge in [-0.2, -0.15) is 0 Å². The van der Waals surface area contributed by atoms with Gasteiger partial charge < -0.3 is 9.73 Å². The van der Waals surface area contributed by atoms with Crippen LogP contribution in [0, 0.1) is 0 Å². The minimum atomic E-state index is -0.938. The first kappa shape index (κ1) is 18.4. The standard InChI is InChI=1S/C20H20N4O3S/c25-19(21-14-7-4-5-8-14)18(17-11-6-12-27-17)24(15-9-2-1-3-10-15)20(26)16-13-28-23-22-16/h1-3,6,9-14,18H,4-5,7-8H2,(H,21,25)/t18-/m0/s1. The van der Waals surface area contributed by atoms with Crippen molar-refractivity contribution in [1.82, 2.24) is 14.9 Å². The summed E-state index contributed by atoms with van der Waals surface area (Å²) in [4.78, 5) is 28.0. The second kappa shape index (κ2) is 8.35. The summed E-state index contributed by atoms with van der Waals surface area (Å²) < 4.78 is 9.35. The van der Waals surface area contributed by atoms with Crippen molar-refractivity contribution >= 4 is 29.0 Å². The van der Waals surface area contributed by atoms with Gasteiger partial charge in [0.2, 0.25) is 0 Å². The molecule has 0 unspecified atom stereocenters. The number of hydrogen-bond acceptors (Lipinski definition) is 6. The molecule has 7 nitrogen and oxygen atoms in total. The lowest BCUT2D eigenvalue weighted by atomic mass is 10.1. The molecule has 0 saturated heterocycles. The summed E-state index contributed by atoms with van der Waals surface area (Å²) in [6, 6.07) is 11.7. The van der Waals surface area contributed by atoms with Crippen LogP contribution in [0.2, 0.25) is 0 Å². The van der Waals surface area contributed by atoms with Gasteiger partial charge in [0, 0.05) is 17.1 Å². The van der Waals surface area contributed by atoms with E-state index in [0.717, 1.165) is 37.2 Å². The molecule has 3 aromatic rings. The second-order valence-corrected chi connectivity index (χ2v) is 7.32. The zero-order valence-electron chi connectivity index (χ0n) is 15.2. The van der Waals surface area contributed by atoms with Crippen molar-refractivity contribution in [2.45, 2.75) is 37.8 Å². The van der Waals surface area contributed by atoms with E-state index < -0.39 is 11.9 Å². The van der Waals surface area contributed by atoms with Crippen molar-refractivity contribution in [3.05, 3.63) is 65.6 Å². The van der Waals surface area contributed by atoms with Gasteiger partial charge in [0.1, 0.15) is 5.76 Å². The van der Waals surface area contributed by atoms with Gasteiger partial charge in [-0.05, 0) is 48.6 Å². The molecule has 1 N–H and O–H groups in total. The predicted molar refractivity (Wildman–Crippen MR) is 105 cm³/mol. The maximum absolute atomic E-state index is 13.3. The quantitative estimate of drug-likeness (QED) is 0.688. The number of nitrogens with zero attached hydrogens (tertiary/aromatic N) is 3. The van der Waals surface area contributed by atoms with Crippen LogP contribution in [-0.4, -0.2) is 27.4 Å². The lowest BCUT2D eigenvalue weighted by Gasteiger charge is -2.30. The van der Waals surface area contributed by atoms with Crippen LogP contribution in [0.4, 0.5) is 5.69 Å². The van der Waals surface area contributed by atoms with E-state index in [4.69, 9.17) is 4.42 Å². The predicted octanol–water partition coefficient (Wildman–Crippen LogP) is 3.58. The van der Waals surface area contributed by atoms with E-state index >= 15 is 0 Å². The van der Waals surface area contributed by atoms with Crippen molar-refractivity contribution < 1.29 is 14.0 Å². The Kier molecular flexibility index (Phi) is 5.48. The van der Waals surface area contributed by atoms with E-state index in [1.807, 2.05) is 18.2 Å². The van der Waals surface area contributed by atoms with Crippen molar-refractivity contribution in [3.63, 3.8) is 0 Å². The van der Waals surface area contributed by atoms with Gasteiger partial charge in [0.05, 0.1) is 6.26 Å². The summed E-state index contributed by atoms with van der Waals surface area (Å²) in [5.74, 6) is -0.263. The van der Waals surface area contributed by atoms with Gasteiger partial charge in [-0.3, -0.25) is 14.5 Å². The van der Waals surface area contributed by atoms with E-state index in [0.29, 0.717) is 11.4 Å². The molecule has 1 atom stereocenters. The number of carbonyl (C=O) groups excluding carboxylic acids is 2. The molecule has 2 aromatic heterocycles. The molecule has 28 heavy (non-hydrogen) atoms. The second-order valence-electron chi connectivity index (χ2n) is 6.71. The highest BCUT2D eigenvalue weighted by molar-refractivity contribution is 7.03. The van der Waals surface area contributed by atoms with Gasteiger partial charge in [-0.1, -0.05) is 35.5 Å². The molecular formula is C20H20N4O3S. The monoisotopic (exact) mass is 396 g/mol. The first-order chi connectivity index (χ1) is 13.7. The number of anilines is 1. The average Bonchev–Trinajstić information content (AvgIpc) is 3.49. The number of para-hydroxylation sites is 1. The molecule has 0 aliphatic heterocycles. The fraction of sp³-hybridized carbons (Fsp3) is 0.300. The Balaban J connectivity index is 1.74. The van der Waals surface area contributed by atoms with Gasteiger partial charge in [0.15, 0.2) is 11.7 Å². The minimum absolute atomic E-state index is 0.124. The molecule has 1 fully saturated rings. The maximum Gasteiger partial charge on any atom is 0.280 e. The van der Waals surface area contributed by atoms with Gasteiger partial charge in [-0.15, -0.1) is 5.10 Å². The van der Waals surface area contributed by atoms with Crippen molar-refractivity contribution in [3.8, 4) is 0 Å². The summed E-state index contributed by atoms with van der Waals surface area (Å²) >= 11 is 1.09. The molecule has 1 aromatic carbocycles. The summed E-state index contributed by atoms with van der Waals surface area (Å²) in [5, 5.41) is 8.57. The molecule has 0 bridgehead atoms. The molecule has 2 amide bonds. The zero-order chi connectivity index (χ0) is 19.3. The van der Waals surface area contributed by atoms with Crippen LogP contribution >= 0.6 is 11.5 Å². The molecule has 1 aliphatic rings. The highest BCUT2D eigenvalue weighted by Gasteiger charge is 2.37. The normalized spacial score (nSPS) is 15.3. The van der Waals surface area contributed by atoms with E-state index in [1.54, 1.807) is 29.6 Å². The van der Waals surface area contributed by atoms with Crippen LogP contribution in [0.25, 0.3) is 0 Å². The van der Waals surface area contributed by atoms with Gasteiger partial charge in [0.25, 0.3) is 11.8 Å². The molecule has 1 aliphatic carbocycles. The maximum atomic E-state index is 13.3. The number of hydrogen-bond donors (Lipinski definition) is 1. The van der Waals surface area contributed by atoms with Crippen LogP contribution in [0.15, 0.2) is 58.5 Å². The Morgan fingerprint density at radius 3 is 2.57 bits per heavy atom. The Morgan fingerprint density at radius 2 is 1.93 bits per heavy atom. The summed E-state index contributed by atoms with van der Waals surface area (Å²) in [5.41, 5.74) is 0.780. The topological polar surface area (TPSA) is 88.3 Å². The highest BCUT2D eigenvalue weighted by atomic mass is 32.1. The van der Waals surface area contributed by atoms with Crippen LogP contribution in [-0.2, 0) is 4.79 Å². The molecule has 8 heteroatoms. The third kappa shape index (κ3) is 3.82. The number of amides is 2. The fourth-order valence-corrected chi connectivity index (χ4v) is 3.95. The molecule has 0 spiro atoms. The SMILES string of the molecule is O=C(NC1CCCC1)[C@H](c1ccco1)N(C(=O)c1csnn1)c1ccccc1. The fourth-order valence-electron chi connectivity index (χ4n) is 3.52. The minimum Gasteiger partial charge on any atom is -0.467 e. The van der Waals surface area contributed by atoms with Crippen LogP contribution in [0.3, 0.4) is 0 Å². The number of carbonyl (C=O) groups is 2. The van der Waals surface area contributed by atoms with Gasteiger partial charge in [-0.25, -0.2) is 0 Å². The molecule has 144 valence electrons. The van der Waals surface area contributed by atoms with Crippen LogP contribution in [0.1, 0.15) is 48.0 Å². The number of aromatic nitrogens is 2. The number of nitrogens with one attached hydrogen (secondary N) is 1. The number of furan rings is 1. The van der Waals surface area contributed by atoms with E-state index in [-0.39, 0.29) is 17.6 Å². The van der Waals surface area contributed by atoms with E-state index in [2.05, 4.69) is 14.9 Å². The van der Waals surface area contributed by atoms with Crippen molar-refractivity contribution in [2.24, 2.45) is 0 Å². The summed E-state index contributed by atoms with van der Waals surface area (Å²) in [7, 11) is 0. The van der Waals surface area contributed by atoms with Crippen LogP contribution < -0.4 is 10.2 Å². The Hall–Kier alpha value is -3.00. The van der Waals surface area contributed by atoms with E-state index in [9.17, 15) is 9.59 Å². The third-order valence-corrected chi connectivity index (χ3v) is 5.36. The summed E-state index contributed by atoms with van der Waals surface area (Å²) in [6.07, 6.45) is 5.60. The molecule has 4 rings (SSSR count). The third-order valence-electron chi connectivity index (χ3n) is 4.85. The lowest BCUT2D eigenvalue weighted by molar-refractivity contribution is -0.123. The Morgan fingerprint density at radius 1 is 1.14 bits per heavy atom. The lowest BCUT2D eigenvalue weighted by Crippen LogP contribution is -2.46. The van der Waals surface area contributed by atoms with Crippen molar-refractivity contribution in [2.75, 3.05) is 4.90 Å². The molecule has 1 saturated carbocycles. The molecule has 2 heterocycles. The largest absolute Gasteiger partial charge is 0.467 e. The first-order valence-corrected chi connectivity index (χ1v) is 10.1. The van der Waals surface area contributed by atoms with Crippen LogP contribution in [0.5, 0.6) is 0 Å². The molecule has 0 radical (unpaired) electrons. The smallest absolute Gasteiger partial charge is 0.280 e. The average molecular weight is 396 g/mol. The number of rotatable bonds is 6. The Labute approximate surface area is 166 Å². The molecular weight excluding hydrogens is 376 g/mol. The number of benzene rings is 1. The highest BCUT2D eigenvalue weighted by Crippen LogP contribution is 2.30. The first-order valence-electron chi connectivity index (χ1n) is 9.23. The Bertz CT molecular complexity index is 906. The van der Waals surface area contributed by atoms with E-state index in [1.165, 1.54) is 11.2 Å². The van der Waals surface area contributed by atoms with Gasteiger partial charge >= 0.3 is 0 Å².